The molecule has 1 fully saturated rings. The van der Waals surface area contributed by atoms with Crippen LogP contribution in [0.2, 0.25) is 0 Å². The first-order valence-corrected chi connectivity index (χ1v) is 8.06. The average molecular weight is 311 g/mol. The molecule has 0 aromatic carbocycles. The second-order valence-electron chi connectivity index (χ2n) is 5.41. The highest BCUT2D eigenvalue weighted by atomic mass is 32.1. The van der Waals surface area contributed by atoms with Crippen molar-refractivity contribution in [3.05, 3.63) is 16.1 Å². The minimum atomic E-state index is -0.956. The Morgan fingerprint density at radius 1 is 1.43 bits per heavy atom. The van der Waals surface area contributed by atoms with Crippen LogP contribution in [0.5, 0.6) is 0 Å². The van der Waals surface area contributed by atoms with Crippen molar-refractivity contribution < 1.29 is 14.7 Å². The first-order chi connectivity index (χ1) is 10.1. The van der Waals surface area contributed by atoms with Gasteiger partial charge in [-0.25, -0.2) is 14.6 Å². The van der Waals surface area contributed by atoms with Crippen molar-refractivity contribution in [1.82, 2.24) is 15.6 Å². The Morgan fingerprint density at radius 3 is 2.71 bits per heavy atom. The first-order valence-electron chi connectivity index (χ1n) is 7.24. The SMILES string of the molecule is Cc1cnc(CNC(=O)NC(C(=O)O)C2CCCCC2)s1. The molecule has 2 amide bonds. The van der Waals surface area contributed by atoms with E-state index in [0.29, 0.717) is 6.54 Å². The molecule has 1 aliphatic carbocycles. The van der Waals surface area contributed by atoms with Gasteiger partial charge < -0.3 is 15.7 Å². The van der Waals surface area contributed by atoms with Crippen LogP contribution in [0.15, 0.2) is 6.20 Å². The summed E-state index contributed by atoms with van der Waals surface area (Å²) in [5, 5.41) is 15.4. The van der Waals surface area contributed by atoms with Gasteiger partial charge in [-0.15, -0.1) is 11.3 Å². The van der Waals surface area contributed by atoms with Crippen LogP contribution in [0.3, 0.4) is 0 Å². The first kappa shape index (κ1) is 15.8. The zero-order valence-corrected chi connectivity index (χ0v) is 12.9. The summed E-state index contributed by atoms with van der Waals surface area (Å²) in [5.41, 5.74) is 0. The Balaban J connectivity index is 1.84. The molecule has 1 unspecified atom stereocenters. The van der Waals surface area contributed by atoms with Gasteiger partial charge >= 0.3 is 12.0 Å². The van der Waals surface area contributed by atoms with Crippen LogP contribution < -0.4 is 10.6 Å². The maximum atomic E-state index is 11.9. The van der Waals surface area contributed by atoms with Gasteiger partial charge in [-0.05, 0) is 25.7 Å². The second-order valence-corrected chi connectivity index (χ2v) is 6.72. The number of hydrogen-bond donors (Lipinski definition) is 3. The molecule has 1 aromatic heterocycles. The lowest BCUT2D eigenvalue weighted by Crippen LogP contribution is -2.50. The predicted molar refractivity (Wildman–Crippen MR) is 80.2 cm³/mol. The van der Waals surface area contributed by atoms with Gasteiger partial charge in [0, 0.05) is 11.1 Å². The topological polar surface area (TPSA) is 91.3 Å². The molecule has 0 radical (unpaired) electrons. The van der Waals surface area contributed by atoms with Crippen molar-refractivity contribution in [2.45, 2.75) is 51.6 Å². The highest BCUT2D eigenvalue weighted by Crippen LogP contribution is 2.26. The van der Waals surface area contributed by atoms with E-state index < -0.39 is 18.0 Å². The van der Waals surface area contributed by atoms with Gasteiger partial charge in [-0.3, -0.25) is 0 Å². The fourth-order valence-electron chi connectivity index (χ4n) is 2.68. The van der Waals surface area contributed by atoms with Crippen LogP contribution in [0.4, 0.5) is 4.79 Å². The van der Waals surface area contributed by atoms with Crippen LogP contribution in [-0.2, 0) is 11.3 Å². The lowest BCUT2D eigenvalue weighted by Gasteiger charge is -2.27. The van der Waals surface area contributed by atoms with E-state index in [-0.39, 0.29) is 5.92 Å². The lowest BCUT2D eigenvalue weighted by atomic mass is 9.84. The molecule has 1 saturated carbocycles. The van der Waals surface area contributed by atoms with E-state index in [4.69, 9.17) is 0 Å². The number of aliphatic carboxylic acids is 1. The number of carboxylic acid groups (broad SMARTS) is 1. The van der Waals surface area contributed by atoms with Crippen molar-refractivity contribution in [2.75, 3.05) is 0 Å². The molecule has 21 heavy (non-hydrogen) atoms. The fourth-order valence-corrected chi connectivity index (χ4v) is 3.41. The van der Waals surface area contributed by atoms with E-state index in [1.807, 2.05) is 6.92 Å². The third-order valence-electron chi connectivity index (χ3n) is 3.74. The van der Waals surface area contributed by atoms with Crippen LogP contribution in [-0.4, -0.2) is 28.1 Å². The molecule has 0 aliphatic heterocycles. The molecule has 1 aliphatic rings. The number of thiazole rings is 1. The number of rotatable bonds is 5. The maximum absolute atomic E-state index is 11.9. The van der Waals surface area contributed by atoms with Gasteiger partial charge in [0.1, 0.15) is 11.0 Å². The van der Waals surface area contributed by atoms with Gasteiger partial charge in [0.2, 0.25) is 0 Å². The Morgan fingerprint density at radius 2 is 2.14 bits per heavy atom. The maximum Gasteiger partial charge on any atom is 0.326 e. The zero-order valence-electron chi connectivity index (χ0n) is 12.1. The number of nitrogens with one attached hydrogen (secondary N) is 2. The summed E-state index contributed by atoms with van der Waals surface area (Å²) >= 11 is 1.51. The largest absolute Gasteiger partial charge is 0.480 e. The average Bonchev–Trinajstić information content (AvgIpc) is 2.89. The zero-order chi connectivity index (χ0) is 15.2. The van der Waals surface area contributed by atoms with Gasteiger partial charge in [0.25, 0.3) is 0 Å². The summed E-state index contributed by atoms with van der Waals surface area (Å²) in [6, 6.07) is -1.25. The number of carbonyl (C=O) groups is 2. The summed E-state index contributed by atoms with van der Waals surface area (Å²) in [6.07, 6.45) is 6.71. The summed E-state index contributed by atoms with van der Waals surface area (Å²) in [6.45, 7) is 2.27. The van der Waals surface area contributed by atoms with Crippen molar-refractivity contribution in [1.29, 1.82) is 0 Å². The Kier molecular flexibility index (Phi) is 5.55. The number of nitrogens with zero attached hydrogens (tertiary/aromatic N) is 1. The van der Waals surface area contributed by atoms with E-state index in [2.05, 4.69) is 15.6 Å². The summed E-state index contributed by atoms with van der Waals surface area (Å²) in [7, 11) is 0. The van der Waals surface area contributed by atoms with Gasteiger partial charge in [0.15, 0.2) is 0 Å². The van der Waals surface area contributed by atoms with E-state index in [0.717, 1.165) is 42.0 Å². The predicted octanol–water partition coefficient (Wildman–Crippen LogP) is 2.28. The van der Waals surface area contributed by atoms with Crippen LogP contribution in [0.1, 0.15) is 42.0 Å². The number of hydrogen-bond acceptors (Lipinski definition) is 4. The van der Waals surface area contributed by atoms with Crippen LogP contribution in [0, 0.1) is 12.8 Å². The highest BCUT2D eigenvalue weighted by molar-refractivity contribution is 7.11. The summed E-state index contributed by atoms with van der Waals surface area (Å²) < 4.78 is 0. The Bertz CT molecular complexity index is 497. The highest BCUT2D eigenvalue weighted by Gasteiger charge is 2.30. The molecule has 0 spiro atoms. The molecular formula is C14H21N3O3S. The number of amides is 2. The van der Waals surface area contributed by atoms with Crippen molar-refractivity contribution in [3.8, 4) is 0 Å². The number of carbonyl (C=O) groups excluding carboxylic acids is 1. The minimum absolute atomic E-state index is 0.0316. The Labute approximate surface area is 128 Å². The standard InChI is InChI=1S/C14H21N3O3S/c1-9-7-15-11(21-9)8-16-14(20)17-12(13(18)19)10-5-3-2-4-6-10/h7,10,12H,2-6,8H2,1H3,(H,18,19)(H2,16,17,20). The lowest BCUT2D eigenvalue weighted by molar-refractivity contribution is -0.141. The van der Waals surface area contributed by atoms with Crippen molar-refractivity contribution in [2.24, 2.45) is 5.92 Å². The molecule has 2 rings (SSSR count). The number of carboxylic acids is 1. The quantitative estimate of drug-likeness (QED) is 0.778. The second kappa shape index (κ2) is 7.40. The monoisotopic (exact) mass is 311 g/mol. The molecule has 116 valence electrons. The third kappa shape index (κ3) is 4.70. The molecular weight excluding hydrogens is 290 g/mol. The minimum Gasteiger partial charge on any atom is -0.480 e. The summed E-state index contributed by atoms with van der Waals surface area (Å²) in [5.74, 6) is -0.925. The van der Waals surface area contributed by atoms with Crippen LogP contribution in [0.25, 0.3) is 0 Å². The van der Waals surface area contributed by atoms with Crippen LogP contribution >= 0.6 is 11.3 Å². The van der Waals surface area contributed by atoms with Crippen molar-refractivity contribution >= 4 is 23.3 Å². The number of aryl methyl sites for hydroxylation is 1. The summed E-state index contributed by atoms with van der Waals surface area (Å²) in [4.78, 5) is 28.5. The van der Waals surface area contributed by atoms with Crippen molar-refractivity contribution in [3.63, 3.8) is 0 Å². The number of urea groups is 1. The van der Waals surface area contributed by atoms with E-state index in [1.54, 1.807) is 6.20 Å². The van der Waals surface area contributed by atoms with E-state index in [1.165, 1.54) is 11.3 Å². The van der Waals surface area contributed by atoms with E-state index >= 15 is 0 Å². The molecule has 1 heterocycles. The smallest absolute Gasteiger partial charge is 0.326 e. The molecule has 1 aromatic rings. The fraction of sp³-hybridized carbons (Fsp3) is 0.643. The molecule has 0 saturated heterocycles. The molecule has 6 nitrogen and oxygen atoms in total. The van der Waals surface area contributed by atoms with Gasteiger partial charge in [-0.2, -0.15) is 0 Å². The number of aromatic nitrogens is 1. The molecule has 7 heteroatoms. The molecule has 3 N–H and O–H groups in total. The van der Waals surface area contributed by atoms with Gasteiger partial charge in [0.05, 0.1) is 6.54 Å². The Hall–Kier alpha value is -1.63. The molecule has 1 atom stereocenters. The normalized spacial score (nSPS) is 17.2. The molecule has 0 bridgehead atoms. The third-order valence-corrected chi connectivity index (χ3v) is 4.66. The van der Waals surface area contributed by atoms with Gasteiger partial charge in [-0.1, -0.05) is 19.3 Å². The van der Waals surface area contributed by atoms with E-state index in [9.17, 15) is 14.7 Å².